The molecule has 2 aliphatic rings. The quantitative estimate of drug-likeness (QED) is 0.758. The summed E-state index contributed by atoms with van der Waals surface area (Å²) >= 11 is 3.63. The van der Waals surface area contributed by atoms with E-state index in [1.807, 2.05) is 0 Å². The smallest absolute Gasteiger partial charge is 0.127 e. The fourth-order valence-corrected chi connectivity index (χ4v) is 3.61. The van der Waals surface area contributed by atoms with Gasteiger partial charge in [0.25, 0.3) is 0 Å². The molecule has 0 saturated heterocycles. The molecule has 3 heteroatoms. The lowest BCUT2D eigenvalue weighted by Gasteiger charge is -2.29. The van der Waals surface area contributed by atoms with Crippen LogP contribution in [-0.2, 0) is 6.54 Å². The van der Waals surface area contributed by atoms with Gasteiger partial charge in [0, 0.05) is 12.5 Å². The van der Waals surface area contributed by atoms with Crippen molar-refractivity contribution in [2.24, 2.45) is 0 Å². The van der Waals surface area contributed by atoms with E-state index in [-0.39, 0.29) is 0 Å². The Morgan fingerprint density at radius 3 is 2.73 bits per heavy atom. The van der Waals surface area contributed by atoms with Gasteiger partial charge < -0.3 is 4.57 Å². The molecule has 0 spiro atoms. The maximum Gasteiger partial charge on any atom is 0.127 e. The lowest BCUT2D eigenvalue weighted by atomic mass is 9.84. The minimum Gasteiger partial charge on any atom is -0.330 e. The van der Waals surface area contributed by atoms with Crippen LogP contribution in [0.3, 0.4) is 0 Å². The average molecular weight is 269 g/mol. The highest BCUT2D eigenvalue weighted by atomic mass is 79.9. The van der Waals surface area contributed by atoms with Crippen molar-refractivity contribution in [2.75, 3.05) is 0 Å². The van der Waals surface area contributed by atoms with Gasteiger partial charge in [0.2, 0.25) is 0 Å². The van der Waals surface area contributed by atoms with Gasteiger partial charge in [-0.2, -0.15) is 0 Å². The Bertz CT molecular complexity index is 379. The Morgan fingerprint density at radius 2 is 2.07 bits per heavy atom. The van der Waals surface area contributed by atoms with E-state index in [9.17, 15) is 0 Å². The van der Waals surface area contributed by atoms with Crippen LogP contribution in [0.5, 0.6) is 0 Å². The largest absolute Gasteiger partial charge is 0.330 e. The summed E-state index contributed by atoms with van der Waals surface area (Å²) in [7, 11) is 0. The van der Waals surface area contributed by atoms with E-state index in [2.05, 4.69) is 27.4 Å². The van der Waals surface area contributed by atoms with Gasteiger partial charge in [-0.1, -0.05) is 13.3 Å². The summed E-state index contributed by atoms with van der Waals surface area (Å²) in [4.78, 5) is 4.74. The van der Waals surface area contributed by atoms with Crippen molar-refractivity contribution in [3.05, 3.63) is 16.1 Å². The van der Waals surface area contributed by atoms with Gasteiger partial charge in [-0.25, -0.2) is 4.98 Å². The third-order valence-electron chi connectivity index (χ3n) is 3.95. The number of aromatic nitrogens is 2. The van der Waals surface area contributed by atoms with Gasteiger partial charge in [-0.05, 0) is 47.5 Å². The number of hydrogen-bond acceptors (Lipinski definition) is 1. The molecule has 1 aromatic rings. The molecule has 1 unspecified atom stereocenters. The van der Waals surface area contributed by atoms with Crippen molar-refractivity contribution in [1.82, 2.24) is 9.55 Å². The Hall–Kier alpha value is -0.310. The zero-order valence-electron chi connectivity index (χ0n) is 9.17. The van der Waals surface area contributed by atoms with Crippen molar-refractivity contribution in [3.8, 4) is 0 Å². The average Bonchev–Trinajstić information content (AvgIpc) is 2.43. The lowest BCUT2D eigenvalue weighted by Crippen LogP contribution is -2.20. The van der Waals surface area contributed by atoms with E-state index in [0.29, 0.717) is 5.92 Å². The van der Waals surface area contributed by atoms with Crippen molar-refractivity contribution >= 4 is 15.9 Å². The van der Waals surface area contributed by atoms with Crippen LogP contribution in [0, 0.1) is 0 Å². The minimum absolute atomic E-state index is 0.675. The third-order valence-corrected chi connectivity index (χ3v) is 4.53. The summed E-state index contributed by atoms with van der Waals surface area (Å²) in [5.74, 6) is 2.78. The predicted molar refractivity (Wildman–Crippen MR) is 64.2 cm³/mol. The molecule has 0 amide bonds. The normalized spacial score (nSPS) is 26.1. The minimum atomic E-state index is 0.675. The molecular weight excluding hydrogens is 252 g/mol. The number of imidazole rings is 1. The van der Waals surface area contributed by atoms with E-state index >= 15 is 0 Å². The summed E-state index contributed by atoms with van der Waals surface area (Å²) in [5.41, 5.74) is 1.45. The van der Waals surface area contributed by atoms with Gasteiger partial charge in [0.15, 0.2) is 0 Å². The summed E-state index contributed by atoms with van der Waals surface area (Å²) in [6.07, 6.45) is 6.71. The number of hydrogen-bond donors (Lipinski definition) is 0. The molecule has 3 rings (SSSR count). The molecule has 1 aromatic heterocycles. The summed E-state index contributed by atoms with van der Waals surface area (Å²) in [6, 6.07) is 0. The van der Waals surface area contributed by atoms with Gasteiger partial charge >= 0.3 is 0 Å². The second kappa shape index (κ2) is 3.62. The maximum absolute atomic E-state index is 4.74. The monoisotopic (exact) mass is 268 g/mol. The highest BCUT2D eigenvalue weighted by molar-refractivity contribution is 9.10. The summed E-state index contributed by atoms with van der Waals surface area (Å²) in [6.45, 7) is 3.51. The van der Waals surface area contributed by atoms with Crippen molar-refractivity contribution in [2.45, 2.75) is 57.4 Å². The van der Waals surface area contributed by atoms with Gasteiger partial charge in [0.1, 0.15) is 10.4 Å². The Morgan fingerprint density at radius 1 is 1.27 bits per heavy atom. The molecule has 1 atom stereocenters. The zero-order chi connectivity index (χ0) is 10.4. The molecule has 0 bridgehead atoms. The van der Waals surface area contributed by atoms with E-state index < -0.39 is 0 Å². The van der Waals surface area contributed by atoms with Crippen LogP contribution < -0.4 is 0 Å². The molecule has 2 heterocycles. The highest BCUT2D eigenvalue weighted by Gasteiger charge is 2.30. The summed E-state index contributed by atoms with van der Waals surface area (Å²) < 4.78 is 3.60. The van der Waals surface area contributed by atoms with Crippen LogP contribution in [0.15, 0.2) is 4.60 Å². The molecule has 82 valence electrons. The zero-order valence-corrected chi connectivity index (χ0v) is 10.8. The van der Waals surface area contributed by atoms with E-state index in [0.717, 1.165) is 10.5 Å². The lowest BCUT2D eigenvalue weighted by molar-refractivity contribution is 0.369. The Kier molecular flexibility index (Phi) is 2.38. The van der Waals surface area contributed by atoms with Crippen LogP contribution in [-0.4, -0.2) is 9.55 Å². The Balaban J connectivity index is 2.05. The second-order valence-electron chi connectivity index (χ2n) is 4.97. The first-order valence-corrected chi connectivity index (χ1v) is 6.82. The van der Waals surface area contributed by atoms with Crippen LogP contribution >= 0.6 is 15.9 Å². The van der Waals surface area contributed by atoms with Gasteiger partial charge in [0.05, 0.1) is 5.69 Å². The van der Waals surface area contributed by atoms with Crippen LogP contribution in [0.4, 0.5) is 0 Å². The van der Waals surface area contributed by atoms with Crippen molar-refractivity contribution in [1.29, 1.82) is 0 Å². The van der Waals surface area contributed by atoms with E-state index in [4.69, 9.17) is 4.98 Å². The first kappa shape index (κ1) is 9.88. The maximum atomic E-state index is 4.74. The van der Waals surface area contributed by atoms with Crippen LogP contribution in [0.25, 0.3) is 0 Å². The Labute approximate surface area is 99.2 Å². The summed E-state index contributed by atoms with van der Waals surface area (Å²) in [5, 5.41) is 0. The third kappa shape index (κ3) is 1.47. The van der Waals surface area contributed by atoms with Crippen LogP contribution in [0.2, 0.25) is 0 Å². The molecule has 1 fully saturated rings. The second-order valence-corrected chi connectivity index (χ2v) is 5.72. The molecule has 1 saturated carbocycles. The molecule has 0 N–H and O–H groups in total. The SMILES string of the molecule is CC1CCCn2c(C3CCC3)nc(Br)c21. The first-order chi connectivity index (χ1) is 7.27. The van der Waals surface area contributed by atoms with E-state index in [1.54, 1.807) is 0 Å². The van der Waals surface area contributed by atoms with Crippen molar-refractivity contribution < 1.29 is 0 Å². The van der Waals surface area contributed by atoms with Gasteiger partial charge in [-0.15, -0.1) is 0 Å². The molecule has 1 aliphatic heterocycles. The van der Waals surface area contributed by atoms with E-state index in [1.165, 1.54) is 50.2 Å². The molecule has 2 nitrogen and oxygen atoms in total. The predicted octanol–water partition coefficient (Wildman–Crippen LogP) is 3.81. The number of rotatable bonds is 1. The topological polar surface area (TPSA) is 17.8 Å². The molecule has 15 heavy (non-hydrogen) atoms. The highest BCUT2D eigenvalue weighted by Crippen LogP contribution is 2.41. The number of fused-ring (bicyclic) bond motifs is 1. The number of nitrogens with zero attached hydrogens (tertiary/aromatic N) is 2. The van der Waals surface area contributed by atoms with Crippen LogP contribution in [0.1, 0.15) is 62.4 Å². The molecule has 0 radical (unpaired) electrons. The first-order valence-electron chi connectivity index (χ1n) is 6.03. The number of halogens is 1. The molecular formula is C12H17BrN2. The van der Waals surface area contributed by atoms with Gasteiger partial charge in [-0.3, -0.25) is 0 Å². The molecule has 0 aromatic carbocycles. The fraction of sp³-hybridized carbons (Fsp3) is 0.750. The van der Waals surface area contributed by atoms with Crippen molar-refractivity contribution in [3.63, 3.8) is 0 Å². The molecule has 1 aliphatic carbocycles. The standard InChI is InChI=1S/C12H17BrN2/c1-8-4-3-7-15-10(8)11(13)14-12(15)9-5-2-6-9/h8-9H,2-7H2,1H3. The fourth-order valence-electron chi connectivity index (χ4n) is 2.83.